The van der Waals surface area contributed by atoms with E-state index in [1.807, 2.05) is 0 Å². The number of carbonyl (C=O) groups is 1. The third-order valence-corrected chi connectivity index (χ3v) is 5.80. The van der Waals surface area contributed by atoms with Gasteiger partial charge in [-0.1, -0.05) is 6.07 Å². The Morgan fingerprint density at radius 2 is 2.10 bits per heavy atom. The lowest BCUT2D eigenvalue weighted by Crippen LogP contribution is -2.81. The maximum absolute atomic E-state index is 13.6. The van der Waals surface area contributed by atoms with E-state index < -0.39 is 40.7 Å². The van der Waals surface area contributed by atoms with Crippen LogP contribution >= 0.6 is 0 Å². The van der Waals surface area contributed by atoms with Gasteiger partial charge in [0.25, 0.3) is 5.71 Å². The predicted molar refractivity (Wildman–Crippen MR) is 98.5 cm³/mol. The third kappa shape index (κ3) is 2.68. The normalized spacial score (nSPS) is 33.4. The van der Waals surface area contributed by atoms with Crippen molar-refractivity contribution in [2.75, 3.05) is 18.1 Å². The number of hydrogen-bond donors (Lipinski definition) is 0. The zero-order chi connectivity index (χ0) is 20.8. The van der Waals surface area contributed by atoms with Crippen molar-refractivity contribution in [3.05, 3.63) is 39.7 Å². The van der Waals surface area contributed by atoms with E-state index in [-0.39, 0.29) is 37.6 Å². The highest BCUT2D eigenvalue weighted by molar-refractivity contribution is 6.14. The zero-order valence-electron chi connectivity index (χ0n) is 16.1. The van der Waals surface area contributed by atoms with Crippen LogP contribution in [0, 0.1) is 21.2 Å². The van der Waals surface area contributed by atoms with Gasteiger partial charge in [-0.05, 0) is 26.0 Å². The van der Waals surface area contributed by atoms with Gasteiger partial charge in [0.1, 0.15) is 23.9 Å². The van der Waals surface area contributed by atoms with Gasteiger partial charge in [-0.2, -0.15) is 0 Å². The molecule has 29 heavy (non-hydrogen) atoms. The SMILES string of the molecule is CCO[C@H]1C[C@@H]2C(=[N+]([O-])O1)[C@H]1C[C@@H](OCC)[C@]2([N+](=O)[O-])C(=O)N1c1ccccn1. The van der Waals surface area contributed by atoms with Crippen LogP contribution in [0.15, 0.2) is 24.4 Å². The average molecular weight is 406 g/mol. The lowest BCUT2D eigenvalue weighted by molar-refractivity contribution is -0.776. The Hall–Kier alpha value is -2.79. The first kappa shape index (κ1) is 19.5. The molecule has 0 unspecified atom stereocenters. The molecular weight excluding hydrogens is 384 g/mol. The molecule has 0 N–H and O–H groups in total. The first-order valence-corrected chi connectivity index (χ1v) is 9.59. The van der Waals surface area contributed by atoms with E-state index in [0.29, 0.717) is 4.90 Å². The predicted octanol–water partition coefficient (Wildman–Crippen LogP) is 0.886. The highest BCUT2D eigenvalue weighted by Gasteiger charge is 2.78. The van der Waals surface area contributed by atoms with Crippen LogP contribution < -0.4 is 4.90 Å². The van der Waals surface area contributed by atoms with Crippen molar-refractivity contribution in [3.63, 3.8) is 0 Å². The number of piperidine rings is 2. The van der Waals surface area contributed by atoms with Gasteiger partial charge in [0.05, 0.1) is 0 Å². The number of rotatable bonds is 6. The Bertz CT molecular complexity index is 848. The maximum atomic E-state index is 13.6. The van der Waals surface area contributed by atoms with Crippen molar-refractivity contribution in [1.82, 2.24) is 4.98 Å². The minimum atomic E-state index is -2.15. The summed E-state index contributed by atoms with van der Waals surface area (Å²) in [4.78, 5) is 36.5. The molecule has 2 bridgehead atoms. The highest BCUT2D eigenvalue weighted by Crippen LogP contribution is 2.49. The number of nitro groups is 1. The minimum Gasteiger partial charge on any atom is -0.372 e. The van der Waals surface area contributed by atoms with E-state index in [1.54, 1.807) is 32.0 Å². The Morgan fingerprint density at radius 1 is 1.34 bits per heavy atom. The Labute approximate surface area is 166 Å². The molecular formula is C18H22N4O7. The number of pyridine rings is 1. The van der Waals surface area contributed by atoms with Crippen molar-refractivity contribution in [2.45, 2.75) is 50.7 Å². The number of amides is 1. The zero-order valence-corrected chi connectivity index (χ0v) is 16.1. The molecule has 1 aromatic heterocycles. The Kier molecular flexibility index (Phi) is 4.87. The number of anilines is 1. The average Bonchev–Trinajstić information content (AvgIpc) is 2.69. The molecule has 3 fully saturated rings. The van der Waals surface area contributed by atoms with Crippen LogP contribution in [0.4, 0.5) is 5.82 Å². The molecule has 0 spiro atoms. The van der Waals surface area contributed by atoms with Crippen molar-refractivity contribution in [2.24, 2.45) is 5.92 Å². The summed E-state index contributed by atoms with van der Waals surface area (Å²) in [5, 5.41) is 25.2. The van der Waals surface area contributed by atoms with Crippen molar-refractivity contribution in [1.29, 1.82) is 0 Å². The number of nitrogens with zero attached hydrogens (tertiary/aromatic N) is 4. The van der Waals surface area contributed by atoms with E-state index in [0.717, 1.165) is 0 Å². The molecule has 1 amide bonds. The quantitative estimate of drug-likeness (QED) is 0.387. The fraction of sp³-hybridized carbons (Fsp3) is 0.611. The Morgan fingerprint density at radius 3 is 2.72 bits per heavy atom. The van der Waals surface area contributed by atoms with E-state index >= 15 is 0 Å². The van der Waals surface area contributed by atoms with E-state index in [1.165, 1.54) is 11.1 Å². The molecule has 5 rings (SSSR count). The van der Waals surface area contributed by atoms with Crippen LogP contribution in [0.2, 0.25) is 0 Å². The van der Waals surface area contributed by atoms with Crippen molar-refractivity contribution < 1.29 is 28.9 Å². The number of aromatic nitrogens is 1. The van der Waals surface area contributed by atoms with E-state index in [4.69, 9.17) is 14.3 Å². The molecule has 4 heterocycles. The summed E-state index contributed by atoms with van der Waals surface area (Å²) < 4.78 is 11.1. The molecule has 1 saturated carbocycles. The molecule has 11 heteroatoms. The summed E-state index contributed by atoms with van der Waals surface area (Å²) in [7, 11) is 0. The fourth-order valence-corrected chi connectivity index (χ4v) is 4.76. The minimum absolute atomic E-state index is 0.0186. The van der Waals surface area contributed by atoms with Gasteiger partial charge in [0.15, 0.2) is 6.29 Å². The van der Waals surface area contributed by atoms with Gasteiger partial charge in [-0.3, -0.25) is 25.0 Å². The summed E-state index contributed by atoms with van der Waals surface area (Å²) in [5.74, 6) is -1.48. The number of carbonyl (C=O) groups excluding carboxylic acids is 1. The number of ether oxygens (including phenoxy) is 2. The van der Waals surface area contributed by atoms with Gasteiger partial charge in [0, 0.05) is 42.1 Å². The topological polar surface area (TPSA) is 130 Å². The molecule has 0 aromatic carbocycles. The van der Waals surface area contributed by atoms with Crippen molar-refractivity contribution in [3.8, 4) is 0 Å². The first-order chi connectivity index (χ1) is 14.0. The van der Waals surface area contributed by atoms with Crippen LogP contribution in [-0.4, -0.2) is 63.6 Å². The van der Waals surface area contributed by atoms with Crippen LogP contribution in [0.25, 0.3) is 0 Å². The van der Waals surface area contributed by atoms with E-state index in [2.05, 4.69) is 4.98 Å². The van der Waals surface area contributed by atoms with Gasteiger partial charge in [-0.25, -0.2) is 4.98 Å². The van der Waals surface area contributed by atoms with Crippen LogP contribution in [0.3, 0.4) is 0 Å². The van der Waals surface area contributed by atoms with Crippen molar-refractivity contribution >= 4 is 17.4 Å². The Balaban J connectivity index is 1.91. The molecule has 3 aliphatic heterocycles. The lowest BCUT2D eigenvalue weighted by Gasteiger charge is -2.53. The van der Waals surface area contributed by atoms with E-state index in [9.17, 15) is 20.1 Å². The van der Waals surface area contributed by atoms with Gasteiger partial charge < -0.3 is 14.3 Å². The summed E-state index contributed by atoms with van der Waals surface area (Å²) in [6, 6.07) is 4.19. The van der Waals surface area contributed by atoms with Gasteiger partial charge in [0.2, 0.25) is 0 Å². The molecule has 0 radical (unpaired) electrons. The summed E-state index contributed by atoms with van der Waals surface area (Å²) in [6.45, 7) is 3.91. The van der Waals surface area contributed by atoms with Gasteiger partial charge >= 0.3 is 11.4 Å². The highest BCUT2D eigenvalue weighted by atomic mass is 16.9. The fourth-order valence-electron chi connectivity index (χ4n) is 4.76. The second-order valence-corrected chi connectivity index (χ2v) is 7.10. The second-order valence-electron chi connectivity index (χ2n) is 7.10. The molecule has 1 aromatic rings. The second kappa shape index (κ2) is 7.23. The number of fused-ring (bicyclic) bond motifs is 2. The summed E-state index contributed by atoms with van der Waals surface area (Å²) in [5.41, 5.74) is -2.02. The smallest absolute Gasteiger partial charge is 0.337 e. The van der Waals surface area contributed by atoms with Crippen LogP contribution in [0.5, 0.6) is 0 Å². The summed E-state index contributed by atoms with van der Waals surface area (Å²) >= 11 is 0. The third-order valence-electron chi connectivity index (χ3n) is 5.80. The van der Waals surface area contributed by atoms with Gasteiger partial charge in [-0.15, -0.1) is 0 Å². The monoisotopic (exact) mass is 406 g/mol. The standard InChI is InChI=1S/C18H22N4O7/c1-3-27-13-10-12-16-11(9-15(28-4-2)29-21(16)24)18(13,22(25)26)17(23)20(12)14-7-5-6-8-19-14/h5-8,11-13,15H,3-4,9-10H2,1-2H3/t11-,12-,13-,15-,18+/m1/s1. The molecule has 4 aliphatic rings. The lowest BCUT2D eigenvalue weighted by atomic mass is 9.61. The molecule has 5 atom stereocenters. The van der Waals surface area contributed by atoms with Crippen LogP contribution in [0.1, 0.15) is 26.7 Å². The first-order valence-electron chi connectivity index (χ1n) is 9.59. The summed E-state index contributed by atoms with van der Waals surface area (Å²) in [6.07, 6.45) is -0.332. The van der Waals surface area contributed by atoms with Crippen LogP contribution in [-0.2, 0) is 19.1 Å². The maximum Gasteiger partial charge on any atom is 0.337 e. The molecule has 1 aliphatic carbocycles. The molecule has 2 saturated heterocycles. The largest absolute Gasteiger partial charge is 0.372 e. The molecule has 11 nitrogen and oxygen atoms in total. The number of hydrogen-bond acceptors (Lipinski definition) is 8. The molecule has 156 valence electrons.